The molecule has 0 radical (unpaired) electrons. The van der Waals surface area contributed by atoms with Crippen LogP contribution >= 0.6 is 0 Å². The normalized spacial score (nSPS) is 22.6. The number of esters is 1. The third kappa shape index (κ3) is 7.16. The lowest BCUT2D eigenvalue weighted by Gasteiger charge is -2.18. The van der Waals surface area contributed by atoms with Gasteiger partial charge in [-0.2, -0.15) is 0 Å². The van der Waals surface area contributed by atoms with Crippen LogP contribution in [0.2, 0.25) is 0 Å². The molecule has 0 unspecified atom stereocenters. The summed E-state index contributed by atoms with van der Waals surface area (Å²) >= 11 is 0. The number of hydrogen-bond donors (Lipinski definition) is 2. The molecule has 1 fully saturated rings. The highest BCUT2D eigenvalue weighted by Gasteiger charge is 2.35. The zero-order valence-electron chi connectivity index (χ0n) is 12.5. The molecule has 0 aromatic rings. The van der Waals surface area contributed by atoms with Gasteiger partial charge >= 0.3 is 11.9 Å². The lowest BCUT2D eigenvalue weighted by atomic mass is 10.2. The lowest BCUT2D eigenvalue weighted by Crippen LogP contribution is -2.29. The van der Waals surface area contributed by atoms with Gasteiger partial charge in [0.25, 0.3) is 0 Å². The van der Waals surface area contributed by atoms with Gasteiger partial charge in [0.2, 0.25) is 0 Å². The molecule has 2 N–H and O–H groups in total. The van der Waals surface area contributed by atoms with E-state index in [-0.39, 0.29) is 6.61 Å². The molecule has 2 atom stereocenters. The molecule has 0 bridgehead atoms. The topological polar surface area (TPSA) is 102 Å². The number of allylic oxidation sites excluding steroid dienone is 2. The van der Waals surface area contributed by atoms with Crippen molar-refractivity contribution >= 4 is 11.9 Å². The molecular weight excluding hydrogens is 292 g/mol. The molecule has 122 valence electrons. The van der Waals surface area contributed by atoms with Crippen LogP contribution in [0.4, 0.5) is 0 Å². The number of rotatable bonds is 7. The minimum absolute atomic E-state index is 0.000696. The van der Waals surface area contributed by atoms with Crippen molar-refractivity contribution in [3.8, 4) is 0 Å². The second-order valence-corrected chi connectivity index (χ2v) is 4.97. The van der Waals surface area contributed by atoms with Crippen molar-refractivity contribution in [3.05, 3.63) is 36.5 Å². The van der Waals surface area contributed by atoms with E-state index in [0.29, 0.717) is 12.7 Å². The van der Waals surface area contributed by atoms with Crippen LogP contribution in [-0.2, 0) is 23.8 Å². The van der Waals surface area contributed by atoms with Crippen molar-refractivity contribution in [1.82, 2.24) is 0 Å². The quantitative estimate of drug-likeness (QED) is 0.407. The van der Waals surface area contributed by atoms with Crippen LogP contribution in [-0.4, -0.2) is 53.4 Å². The summed E-state index contributed by atoms with van der Waals surface area (Å²) in [5.74, 6) is -2.65. The van der Waals surface area contributed by atoms with Crippen LogP contribution in [0.25, 0.3) is 0 Å². The number of carboxylic acid groups (broad SMARTS) is 1. The Morgan fingerprint density at radius 1 is 1.36 bits per heavy atom. The highest BCUT2D eigenvalue weighted by atomic mass is 16.7. The van der Waals surface area contributed by atoms with Crippen molar-refractivity contribution in [2.45, 2.75) is 31.8 Å². The number of hydrogen-bond acceptors (Lipinski definition) is 6. The van der Waals surface area contributed by atoms with E-state index in [1.54, 1.807) is 32.1 Å². The van der Waals surface area contributed by atoms with Gasteiger partial charge in [-0.3, -0.25) is 0 Å². The summed E-state index contributed by atoms with van der Waals surface area (Å²) in [7, 11) is 0. The zero-order chi connectivity index (χ0) is 16.6. The Kier molecular flexibility index (Phi) is 6.97. The standard InChI is InChI=1S/C15H20O7/c1-15(2)21-10-12(22-15)11(16)6-4-3-5-9-20-14(19)8-7-13(17)18/h3-8,11-12,16H,9-10H2,1-2H3,(H,17,18)/b5-3+,6-4+,8-7-/t11-,12+/m0/s1. The molecular formula is C15H20O7. The molecule has 1 rings (SSSR count). The predicted molar refractivity (Wildman–Crippen MR) is 76.9 cm³/mol. The molecule has 7 heteroatoms. The molecule has 0 aromatic carbocycles. The lowest BCUT2D eigenvalue weighted by molar-refractivity contribution is -0.147. The Morgan fingerprint density at radius 3 is 2.68 bits per heavy atom. The van der Waals surface area contributed by atoms with Gasteiger partial charge in [-0.15, -0.1) is 0 Å². The van der Waals surface area contributed by atoms with Crippen molar-refractivity contribution in [3.63, 3.8) is 0 Å². The highest BCUT2D eigenvalue weighted by Crippen LogP contribution is 2.24. The summed E-state index contributed by atoms with van der Waals surface area (Å²) in [5, 5.41) is 18.2. The zero-order valence-corrected chi connectivity index (χ0v) is 12.5. The average Bonchev–Trinajstić information content (AvgIpc) is 2.80. The third-order valence-electron chi connectivity index (χ3n) is 2.65. The summed E-state index contributed by atoms with van der Waals surface area (Å²) in [4.78, 5) is 21.2. The first-order valence-electron chi connectivity index (χ1n) is 6.71. The van der Waals surface area contributed by atoms with Crippen molar-refractivity contribution in [2.75, 3.05) is 13.2 Å². The third-order valence-corrected chi connectivity index (χ3v) is 2.65. The number of carbonyl (C=O) groups is 2. The summed E-state index contributed by atoms with van der Waals surface area (Å²) in [6, 6.07) is 0. The highest BCUT2D eigenvalue weighted by molar-refractivity contribution is 5.90. The fourth-order valence-electron chi connectivity index (χ4n) is 1.64. The van der Waals surface area contributed by atoms with Gasteiger partial charge in [0, 0.05) is 12.2 Å². The monoisotopic (exact) mass is 312 g/mol. The maximum atomic E-state index is 11.0. The first kappa shape index (κ1) is 18.1. The number of aliphatic carboxylic acids is 1. The SMILES string of the molecule is CC1(C)OC[C@H]([C@@H](O)/C=C/C=C/COC(=O)/C=C\C(=O)O)O1. The smallest absolute Gasteiger partial charge is 0.331 e. The number of carboxylic acids is 1. The summed E-state index contributed by atoms with van der Waals surface area (Å²) in [6.07, 6.45) is 6.59. The van der Waals surface area contributed by atoms with E-state index in [1.165, 1.54) is 6.08 Å². The predicted octanol–water partition coefficient (Wildman–Crippen LogP) is 0.795. The van der Waals surface area contributed by atoms with Crippen LogP contribution in [0.1, 0.15) is 13.8 Å². The fraction of sp³-hybridized carbons (Fsp3) is 0.467. The average molecular weight is 312 g/mol. The number of aliphatic hydroxyl groups is 1. The molecule has 0 spiro atoms. The summed E-state index contributed by atoms with van der Waals surface area (Å²) in [6.45, 7) is 3.86. The maximum absolute atomic E-state index is 11.0. The van der Waals surface area contributed by atoms with Crippen LogP contribution in [0.3, 0.4) is 0 Å². The molecule has 0 aromatic heterocycles. The van der Waals surface area contributed by atoms with Gasteiger partial charge < -0.3 is 24.4 Å². The van der Waals surface area contributed by atoms with Gasteiger partial charge in [0.1, 0.15) is 18.8 Å². The fourth-order valence-corrected chi connectivity index (χ4v) is 1.64. The van der Waals surface area contributed by atoms with E-state index in [0.717, 1.165) is 6.08 Å². The van der Waals surface area contributed by atoms with Crippen LogP contribution < -0.4 is 0 Å². The van der Waals surface area contributed by atoms with Gasteiger partial charge in [0.05, 0.1) is 6.61 Å². The van der Waals surface area contributed by atoms with Crippen LogP contribution in [0.5, 0.6) is 0 Å². The van der Waals surface area contributed by atoms with Gasteiger partial charge in [-0.05, 0) is 19.9 Å². The molecule has 0 amide bonds. The van der Waals surface area contributed by atoms with E-state index < -0.39 is 29.9 Å². The maximum Gasteiger partial charge on any atom is 0.331 e. The Balaban J connectivity index is 2.25. The minimum atomic E-state index is -1.22. The first-order valence-corrected chi connectivity index (χ1v) is 6.71. The molecule has 1 saturated heterocycles. The Labute approximate surface area is 128 Å². The molecule has 1 aliphatic rings. The number of carbonyl (C=O) groups excluding carboxylic acids is 1. The molecule has 0 aliphatic carbocycles. The molecule has 7 nitrogen and oxygen atoms in total. The van der Waals surface area contributed by atoms with Crippen molar-refractivity contribution < 1.29 is 34.0 Å². The Hall–Kier alpha value is -1.96. The number of ether oxygens (including phenoxy) is 3. The minimum Gasteiger partial charge on any atom is -0.478 e. The second-order valence-electron chi connectivity index (χ2n) is 4.97. The Bertz CT molecular complexity index is 476. The van der Waals surface area contributed by atoms with Gasteiger partial charge in [-0.1, -0.05) is 18.2 Å². The van der Waals surface area contributed by atoms with Crippen molar-refractivity contribution in [1.29, 1.82) is 0 Å². The molecule has 22 heavy (non-hydrogen) atoms. The van der Waals surface area contributed by atoms with Gasteiger partial charge in [-0.25, -0.2) is 9.59 Å². The van der Waals surface area contributed by atoms with Crippen molar-refractivity contribution in [2.24, 2.45) is 0 Å². The first-order chi connectivity index (χ1) is 10.3. The second kappa shape index (κ2) is 8.47. The molecule has 1 heterocycles. The van der Waals surface area contributed by atoms with E-state index in [4.69, 9.17) is 19.3 Å². The Morgan fingerprint density at radius 2 is 2.09 bits per heavy atom. The summed E-state index contributed by atoms with van der Waals surface area (Å²) < 4.78 is 15.5. The molecule has 1 aliphatic heterocycles. The van der Waals surface area contributed by atoms with E-state index >= 15 is 0 Å². The summed E-state index contributed by atoms with van der Waals surface area (Å²) in [5.41, 5.74) is 0. The van der Waals surface area contributed by atoms with E-state index in [9.17, 15) is 14.7 Å². The largest absolute Gasteiger partial charge is 0.478 e. The van der Waals surface area contributed by atoms with E-state index in [1.807, 2.05) is 0 Å². The number of aliphatic hydroxyl groups excluding tert-OH is 1. The van der Waals surface area contributed by atoms with Crippen LogP contribution in [0.15, 0.2) is 36.5 Å². The van der Waals surface area contributed by atoms with E-state index in [2.05, 4.69) is 0 Å². The van der Waals surface area contributed by atoms with Crippen LogP contribution in [0, 0.1) is 0 Å². The van der Waals surface area contributed by atoms with Gasteiger partial charge in [0.15, 0.2) is 5.79 Å². The molecule has 0 saturated carbocycles.